The first-order valence-electron chi connectivity index (χ1n) is 3.74. The highest BCUT2D eigenvalue weighted by atomic mass is 79.9. The molecule has 0 aliphatic heterocycles. The van der Waals surface area contributed by atoms with Gasteiger partial charge in [-0.05, 0) is 6.07 Å². The molecule has 0 fully saturated rings. The van der Waals surface area contributed by atoms with Gasteiger partial charge < -0.3 is 0 Å². The highest BCUT2D eigenvalue weighted by Crippen LogP contribution is 2.26. The topological polar surface area (TPSA) is 0 Å². The van der Waals surface area contributed by atoms with Gasteiger partial charge in [0.25, 0.3) is 6.43 Å². The van der Waals surface area contributed by atoms with Gasteiger partial charge >= 0.3 is 0 Å². The SMILES string of the molecule is CC.FC(F)c1ccccc1Br. The van der Waals surface area contributed by atoms with Crippen LogP contribution in [-0.4, -0.2) is 0 Å². The molecular formula is C9H11BrF2. The molecule has 0 N–H and O–H groups in total. The lowest BCUT2D eigenvalue weighted by Crippen LogP contribution is -1.83. The third kappa shape index (κ3) is 3.30. The molecule has 0 aliphatic carbocycles. The van der Waals surface area contributed by atoms with E-state index in [4.69, 9.17) is 0 Å². The number of halogens is 3. The number of hydrogen-bond acceptors (Lipinski definition) is 0. The highest BCUT2D eigenvalue weighted by Gasteiger charge is 2.08. The fourth-order valence-corrected chi connectivity index (χ4v) is 1.11. The van der Waals surface area contributed by atoms with Crippen molar-refractivity contribution in [2.45, 2.75) is 20.3 Å². The average molecular weight is 237 g/mol. The zero-order valence-corrected chi connectivity index (χ0v) is 8.61. The molecule has 0 nitrogen and oxygen atoms in total. The fraction of sp³-hybridized carbons (Fsp3) is 0.333. The van der Waals surface area contributed by atoms with Crippen molar-refractivity contribution in [1.82, 2.24) is 0 Å². The smallest absolute Gasteiger partial charge is 0.205 e. The van der Waals surface area contributed by atoms with Crippen LogP contribution in [0.15, 0.2) is 28.7 Å². The minimum Gasteiger partial charge on any atom is -0.205 e. The maximum absolute atomic E-state index is 12.0. The van der Waals surface area contributed by atoms with Crippen molar-refractivity contribution in [2.75, 3.05) is 0 Å². The molecular weight excluding hydrogens is 226 g/mol. The molecule has 0 bridgehead atoms. The second-order valence-corrected chi connectivity index (χ2v) is 2.68. The van der Waals surface area contributed by atoms with Crippen molar-refractivity contribution in [3.63, 3.8) is 0 Å². The van der Waals surface area contributed by atoms with Crippen molar-refractivity contribution < 1.29 is 8.78 Å². The van der Waals surface area contributed by atoms with Gasteiger partial charge in [0.2, 0.25) is 0 Å². The van der Waals surface area contributed by atoms with Gasteiger partial charge in [-0.15, -0.1) is 0 Å². The van der Waals surface area contributed by atoms with Crippen LogP contribution in [0.5, 0.6) is 0 Å². The summed E-state index contributed by atoms with van der Waals surface area (Å²) in [5, 5.41) is 0. The van der Waals surface area contributed by atoms with Crippen molar-refractivity contribution in [1.29, 1.82) is 0 Å². The van der Waals surface area contributed by atoms with Gasteiger partial charge in [0.1, 0.15) is 0 Å². The van der Waals surface area contributed by atoms with E-state index in [-0.39, 0.29) is 5.56 Å². The number of alkyl halides is 2. The third-order valence-electron chi connectivity index (χ3n) is 1.14. The van der Waals surface area contributed by atoms with Crippen molar-refractivity contribution >= 4 is 15.9 Å². The van der Waals surface area contributed by atoms with E-state index in [2.05, 4.69) is 15.9 Å². The third-order valence-corrected chi connectivity index (χ3v) is 1.86. The number of benzene rings is 1. The van der Waals surface area contributed by atoms with E-state index in [1.807, 2.05) is 13.8 Å². The molecule has 1 aromatic carbocycles. The minimum absolute atomic E-state index is 0.0440. The lowest BCUT2D eigenvalue weighted by molar-refractivity contribution is 0.150. The Morgan fingerprint density at radius 1 is 1.17 bits per heavy atom. The summed E-state index contributed by atoms with van der Waals surface area (Å²) in [6.45, 7) is 4.00. The average Bonchev–Trinajstić information content (AvgIpc) is 2.08. The quantitative estimate of drug-likeness (QED) is 0.678. The zero-order chi connectivity index (χ0) is 9.56. The van der Waals surface area contributed by atoms with E-state index in [0.29, 0.717) is 4.47 Å². The summed E-state index contributed by atoms with van der Waals surface area (Å²) in [4.78, 5) is 0. The van der Waals surface area contributed by atoms with E-state index in [1.165, 1.54) is 6.07 Å². The van der Waals surface area contributed by atoms with Gasteiger partial charge in [0.15, 0.2) is 0 Å². The van der Waals surface area contributed by atoms with E-state index in [9.17, 15) is 8.78 Å². The molecule has 68 valence electrons. The molecule has 0 atom stereocenters. The predicted octanol–water partition coefficient (Wildman–Crippen LogP) is 4.41. The largest absolute Gasteiger partial charge is 0.264 e. The first-order valence-corrected chi connectivity index (χ1v) is 4.53. The molecule has 0 aromatic heterocycles. The summed E-state index contributed by atoms with van der Waals surface area (Å²) in [6.07, 6.45) is -2.39. The minimum atomic E-state index is -2.39. The van der Waals surface area contributed by atoms with Crippen LogP contribution in [0.4, 0.5) is 8.78 Å². The molecule has 0 aliphatic rings. The summed E-state index contributed by atoms with van der Waals surface area (Å²) in [6, 6.07) is 6.29. The summed E-state index contributed by atoms with van der Waals surface area (Å²) in [5.41, 5.74) is 0.0440. The molecule has 0 amide bonds. The zero-order valence-electron chi connectivity index (χ0n) is 7.02. The maximum atomic E-state index is 12.0. The Balaban J connectivity index is 0.000000561. The lowest BCUT2D eigenvalue weighted by atomic mass is 10.2. The second-order valence-electron chi connectivity index (χ2n) is 1.82. The Morgan fingerprint density at radius 3 is 2.00 bits per heavy atom. The van der Waals surface area contributed by atoms with Crippen LogP contribution in [0.3, 0.4) is 0 Å². The Bertz CT molecular complexity index is 224. The molecule has 1 rings (SSSR count). The monoisotopic (exact) mass is 236 g/mol. The summed E-state index contributed by atoms with van der Waals surface area (Å²) < 4.78 is 24.5. The molecule has 3 heteroatoms. The molecule has 0 saturated heterocycles. The summed E-state index contributed by atoms with van der Waals surface area (Å²) in [5.74, 6) is 0. The Labute approximate surface area is 79.7 Å². The fourth-order valence-electron chi connectivity index (χ4n) is 0.652. The molecule has 0 saturated carbocycles. The normalized spacial score (nSPS) is 9.17. The maximum Gasteiger partial charge on any atom is 0.264 e. The second kappa shape index (κ2) is 6.12. The van der Waals surface area contributed by atoms with E-state index >= 15 is 0 Å². The van der Waals surface area contributed by atoms with Crippen LogP contribution in [0, 0.1) is 0 Å². The Morgan fingerprint density at radius 2 is 1.67 bits per heavy atom. The highest BCUT2D eigenvalue weighted by molar-refractivity contribution is 9.10. The Kier molecular flexibility index (Phi) is 5.89. The molecule has 0 radical (unpaired) electrons. The van der Waals surface area contributed by atoms with Crippen LogP contribution in [0.1, 0.15) is 25.8 Å². The Hall–Kier alpha value is -0.440. The summed E-state index contributed by atoms with van der Waals surface area (Å²) in [7, 11) is 0. The number of rotatable bonds is 1. The first-order chi connectivity index (χ1) is 5.72. The van der Waals surface area contributed by atoms with Crippen LogP contribution in [0.2, 0.25) is 0 Å². The number of hydrogen-bond donors (Lipinski definition) is 0. The lowest BCUT2D eigenvalue weighted by Gasteiger charge is -1.99. The van der Waals surface area contributed by atoms with E-state index < -0.39 is 6.43 Å². The molecule has 0 unspecified atom stereocenters. The molecule has 0 heterocycles. The van der Waals surface area contributed by atoms with E-state index in [1.54, 1.807) is 18.2 Å². The standard InChI is InChI=1S/C7H5BrF2.C2H6/c8-6-4-2-1-3-5(6)7(9)10;1-2/h1-4,7H;1-2H3. The van der Waals surface area contributed by atoms with Gasteiger partial charge in [0.05, 0.1) is 0 Å². The van der Waals surface area contributed by atoms with Gasteiger partial charge in [0, 0.05) is 10.0 Å². The van der Waals surface area contributed by atoms with Crippen molar-refractivity contribution in [2.24, 2.45) is 0 Å². The van der Waals surface area contributed by atoms with Crippen molar-refractivity contribution in [3.8, 4) is 0 Å². The van der Waals surface area contributed by atoms with E-state index in [0.717, 1.165) is 0 Å². The molecule has 12 heavy (non-hydrogen) atoms. The van der Waals surface area contributed by atoms with Crippen LogP contribution >= 0.6 is 15.9 Å². The van der Waals surface area contributed by atoms with Crippen LogP contribution in [0.25, 0.3) is 0 Å². The van der Waals surface area contributed by atoms with Gasteiger partial charge in [-0.2, -0.15) is 0 Å². The summed E-state index contributed by atoms with van der Waals surface area (Å²) >= 11 is 3.02. The van der Waals surface area contributed by atoms with Gasteiger partial charge in [-0.1, -0.05) is 48.0 Å². The first kappa shape index (κ1) is 11.6. The van der Waals surface area contributed by atoms with Crippen molar-refractivity contribution in [3.05, 3.63) is 34.3 Å². The van der Waals surface area contributed by atoms with Gasteiger partial charge in [-0.25, -0.2) is 8.78 Å². The molecule has 1 aromatic rings. The van der Waals surface area contributed by atoms with Crippen LogP contribution in [-0.2, 0) is 0 Å². The van der Waals surface area contributed by atoms with Crippen LogP contribution < -0.4 is 0 Å². The predicted molar refractivity (Wildman–Crippen MR) is 50.4 cm³/mol. The van der Waals surface area contributed by atoms with Gasteiger partial charge in [-0.3, -0.25) is 0 Å². The molecule has 0 spiro atoms.